The molecule has 5 heteroatoms. The van der Waals surface area contributed by atoms with Crippen LogP contribution in [0.1, 0.15) is 16.5 Å². The highest BCUT2D eigenvalue weighted by atomic mass is 79.9. The molecule has 2 heterocycles. The maximum Gasteiger partial charge on any atom is 0.0954 e. The minimum atomic E-state index is 0.00468. The average Bonchev–Trinajstić information content (AvgIpc) is 2.79. The zero-order chi connectivity index (χ0) is 9.97. The third kappa shape index (κ3) is 1.90. The largest absolute Gasteiger partial charge is 0.472 e. The van der Waals surface area contributed by atoms with Crippen molar-refractivity contribution in [1.82, 2.24) is 5.43 Å². The Balaban J connectivity index is 2.31. The first-order valence-corrected chi connectivity index (χ1v) is 5.65. The van der Waals surface area contributed by atoms with Crippen LogP contribution in [0.15, 0.2) is 38.9 Å². The number of rotatable bonds is 3. The van der Waals surface area contributed by atoms with Gasteiger partial charge in [-0.25, -0.2) is 5.43 Å². The van der Waals surface area contributed by atoms with Gasteiger partial charge in [0.15, 0.2) is 0 Å². The van der Waals surface area contributed by atoms with E-state index in [9.17, 15) is 0 Å². The Kier molecular flexibility index (Phi) is 3.02. The smallest absolute Gasteiger partial charge is 0.0954 e. The second-order valence-electron chi connectivity index (χ2n) is 2.80. The molecule has 0 aromatic carbocycles. The van der Waals surface area contributed by atoms with Gasteiger partial charge in [0, 0.05) is 10.4 Å². The minimum Gasteiger partial charge on any atom is -0.472 e. The van der Waals surface area contributed by atoms with Crippen molar-refractivity contribution in [3.05, 3.63) is 45.0 Å². The molecule has 0 aliphatic heterocycles. The zero-order valence-electron chi connectivity index (χ0n) is 7.24. The molecule has 3 nitrogen and oxygen atoms in total. The van der Waals surface area contributed by atoms with E-state index in [1.807, 2.05) is 18.2 Å². The molecular weight excluding hydrogens is 264 g/mol. The molecule has 0 spiro atoms. The fourth-order valence-electron chi connectivity index (χ4n) is 1.27. The van der Waals surface area contributed by atoms with Crippen LogP contribution in [-0.4, -0.2) is 0 Å². The quantitative estimate of drug-likeness (QED) is 0.667. The molecule has 0 aliphatic rings. The van der Waals surface area contributed by atoms with Crippen molar-refractivity contribution in [2.24, 2.45) is 5.84 Å². The molecule has 2 aromatic rings. The van der Waals surface area contributed by atoms with Gasteiger partial charge >= 0.3 is 0 Å². The van der Waals surface area contributed by atoms with Crippen molar-refractivity contribution in [3.8, 4) is 0 Å². The highest BCUT2D eigenvalue weighted by molar-refractivity contribution is 9.11. The number of furan rings is 1. The van der Waals surface area contributed by atoms with E-state index in [2.05, 4.69) is 21.4 Å². The summed E-state index contributed by atoms with van der Waals surface area (Å²) in [4.78, 5) is 1.15. The summed E-state index contributed by atoms with van der Waals surface area (Å²) in [6, 6.07) is 5.94. The number of thiophene rings is 1. The van der Waals surface area contributed by atoms with Crippen molar-refractivity contribution in [2.75, 3.05) is 0 Å². The minimum absolute atomic E-state index is 0.00468. The zero-order valence-corrected chi connectivity index (χ0v) is 9.64. The summed E-state index contributed by atoms with van der Waals surface area (Å²) in [5.41, 5.74) is 3.79. The molecule has 0 saturated heterocycles. The van der Waals surface area contributed by atoms with Crippen LogP contribution >= 0.6 is 27.3 Å². The number of hydrogen-bond donors (Lipinski definition) is 2. The molecule has 0 saturated carbocycles. The average molecular weight is 273 g/mol. The van der Waals surface area contributed by atoms with Gasteiger partial charge in [-0.15, -0.1) is 11.3 Å². The van der Waals surface area contributed by atoms with Crippen LogP contribution in [0.3, 0.4) is 0 Å². The molecule has 0 radical (unpaired) electrons. The van der Waals surface area contributed by atoms with Gasteiger partial charge in [-0.2, -0.15) is 0 Å². The Bertz CT molecular complexity index is 399. The van der Waals surface area contributed by atoms with Crippen molar-refractivity contribution < 1.29 is 4.42 Å². The van der Waals surface area contributed by atoms with Gasteiger partial charge in [-0.1, -0.05) is 0 Å². The molecule has 0 aliphatic carbocycles. The molecule has 0 fully saturated rings. The van der Waals surface area contributed by atoms with Crippen LogP contribution in [0.2, 0.25) is 0 Å². The first kappa shape index (κ1) is 9.92. The first-order valence-electron chi connectivity index (χ1n) is 4.04. The van der Waals surface area contributed by atoms with E-state index in [1.165, 1.54) is 0 Å². The SMILES string of the molecule is NNC(c1ccoc1)c1ccc(Br)s1. The normalized spacial score (nSPS) is 13.0. The predicted octanol–water partition coefficient (Wildman–Crippen LogP) is 2.66. The van der Waals surface area contributed by atoms with Crippen molar-refractivity contribution in [1.29, 1.82) is 0 Å². The molecular formula is C9H9BrN2OS. The lowest BCUT2D eigenvalue weighted by atomic mass is 10.1. The standard InChI is InChI=1S/C9H9BrN2OS/c10-8-2-1-7(14-8)9(12-11)6-3-4-13-5-6/h1-5,9,12H,11H2. The summed E-state index contributed by atoms with van der Waals surface area (Å²) in [6.45, 7) is 0. The van der Waals surface area contributed by atoms with Crippen LogP contribution in [-0.2, 0) is 0 Å². The van der Waals surface area contributed by atoms with Crippen LogP contribution < -0.4 is 11.3 Å². The lowest BCUT2D eigenvalue weighted by Crippen LogP contribution is -2.27. The maximum atomic E-state index is 5.50. The van der Waals surface area contributed by atoms with Crippen LogP contribution in [0.4, 0.5) is 0 Å². The summed E-state index contributed by atoms with van der Waals surface area (Å²) < 4.78 is 6.12. The lowest BCUT2D eigenvalue weighted by Gasteiger charge is -2.11. The van der Waals surface area contributed by atoms with Crippen molar-refractivity contribution >= 4 is 27.3 Å². The molecule has 1 unspecified atom stereocenters. The predicted molar refractivity (Wildman–Crippen MR) is 59.9 cm³/mol. The number of nitrogens with one attached hydrogen (secondary N) is 1. The van der Waals surface area contributed by atoms with Gasteiger partial charge in [-0.3, -0.25) is 5.84 Å². The second-order valence-corrected chi connectivity index (χ2v) is 5.29. The number of nitrogens with two attached hydrogens (primary N) is 1. The Morgan fingerprint density at radius 1 is 1.43 bits per heavy atom. The van der Waals surface area contributed by atoms with Gasteiger partial charge in [-0.05, 0) is 34.1 Å². The number of hydrogen-bond acceptors (Lipinski definition) is 4. The molecule has 14 heavy (non-hydrogen) atoms. The van der Waals surface area contributed by atoms with E-state index < -0.39 is 0 Å². The molecule has 0 amide bonds. The van der Waals surface area contributed by atoms with Crippen LogP contribution in [0.25, 0.3) is 0 Å². The van der Waals surface area contributed by atoms with Gasteiger partial charge < -0.3 is 4.42 Å². The molecule has 0 bridgehead atoms. The fourth-order valence-corrected chi connectivity index (χ4v) is 2.78. The number of hydrazine groups is 1. The van der Waals surface area contributed by atoms with E-state index in [1.54, 1.807) is 23.9 Å². The van der Waals surface area contributed by atoms with Gasteiger partial charge in [0.05, 0.1) is 22.4 Å². The Hall–Kier alpha value is -0.620. The number of halogens is 1. The van der Waals surface area contributed by atoms with E-state index in [4.69, 9.17) is 10.3 Å². The highest BCUT2D eigenvalue weighted by Gasteiger charge is 2.15. The Morgan fingerprint density at radius 3 is 2.79 bits per heavy atom. The summed E-state index contributed by atoms with van der Waals surface area (Å²) in [6.07, 6.45) is 3.33. The third-order valence-corrected chi connectivity index (χ3v) is 3.61. The fraction of sp³-hybridized carbons (Fsp3) is 0.111. The summed E-state index contributed by atoms with van der Waals surface area (Å²) in [5, 5.41) is 0. The molecule has 2 aromatic heterocycles. The van der Waals surface area contributed by atoms with E-state index in [-0.39, 0.29) is 6.04 Å². The lowest BCUT2D eigenvalue weighted by molar-refractivity contribution is 0.554. The first-order chi connectivity index (χ1) is 6.81. The molecule has 74 valence electrons. The van der Waals surface area contributed by atoms with Crippen molar-refractivity contribution in [3.63, 3.8) is 0 Å². The third-order valence-electron chi connectivity index (χ3n) is 1.92. The molecule has 1 atom stereocenters. The van der Waals surface area contributed by atoms with E-state index in [0.29, 0.717) is 0 Å². The van der Waals surface area contributed by atoms with Gasteiger partial charge in [0.1, 0.15) is 0 Å². The van der Waals surface area contributed by atoms with Crippen LogP contribution in [0.5, 0.6) is 0 Å². The summed E-state index contributed by atoms with van der Waals surface area (Å²) in [5.74, 6) is 5.50. The van der Waals surface area contributed by atoms with Crippen LogP contribution in [0, 0.1) is 0 Å². The molecule has 3 N–H and O–H groups in total. The topological polar surface area (TPSA) is 51.2 Å². The highest BCUT2D eigenvalue weighted by Crippen LogP contribution is 2.30. The molecule has 2 rings (SSSR count). The monoisotopic (exact) mass is 272 g/mol. The van der Waals surface area contributed by atoms with Gasteiger partial charge in [0.25, 0.3) is 0 Å². The van der Waals surface area contributed by atoms with Crippen molar-refractivity contribution in [2.45, 2.75) is 6.04 Å². The van der Waals surface area contributed by atoms with E-state index >= 15 is 0 Å². The second kappa shape index (κ2) is 4.27. The summed E-state index contributed by atoms with van der Waals surface area (Å²) in [7, 11) is 0. The Morgan fingerprint density at radius 2 is 2.29 bits per heavy atom. The van der Waals surface area contributed by atoms with Gasteiger partial charge in [0.2, 0.25) is 0 Å². The maximum absolute atomic E-state index is 5.50. The summed E-state index contributed by atoms with van der Waals surface area (Å²) >= 11 is 5.07. The van der Waals surface area contributed by atoms with E-state index in [0.717, 1.165) is 14.2 Å². The Labute approximate surface area is 94.0 Å².